The number of hydrogen-bond donors (Lipinski definition) is 0. The van der Waals surface area contributed by atoms with Crippen LogP contribution < -0.4 is 0 Å². The molecule has 1 aliphatic heterocycles. The standard InChI is InChI=1S/C14H16N4O/c1-2-14(13-8-15-11-16-9-13)17-7-12(1)10-18-3-5-19-6-4-18/h1-2,7-9,11H,3-6,10H2. The van der Waals surface area contributed by atoms with Crippen LogP contribution in [0.15, 0.2) is 37.1 Å². The SMILES string of the molecule is c1ncc(-c2ccc(CN3CCOCC3)cn2)cn1. The van der Waals surface area contributed by atoms with Crippen LogP contribution in [0.25, 0.3) is 11.3 Å². The molecule has 2 aromatic heterocycles. The lowest BCUT2D eigenvalue weighted by atomic mass is 10.2. The van der Waals surface area contributed by atoms with Crippen LogP contribution >= 0.6 is 0 Å². The van der Waals surface area contributed by atoms with Crippen LogP contribution in [0.1, 0.15) is 5.56 Å². The summed E-state index contributed by atoms with van der Waals surface area (Å²) in [4.78, 5) is 14.9. The summed E-state index contributed by atoms with van der Waals surface area (Å²) in [6.07, 6.45) is 7.00. The van der Waals surface area contributed by atoms with E-state index in [1.54, 1.807) is 12.4 Å². The van der Waals surface area contributed by atoms with Crippen molar-refractivity contribution in [2.24, 2.45) is 0 Å². The normalized spacial score (nSPS) is 16.4. The van der Waals surface area contributed by atoms with Gasteiger partial charge in [-0.25, -0.2) is 9.97 Å². The first kappa shape index (κ1) is 12.2. The molecule has 0 aromatic carbocycles. The molecule has 0 N–H and O–H groups in total. The van der Waals surface area contributed by atoms with Crippen molar-refractivity contribution >= 4 is 0 Å². The van der Waals surface area contributed by atoms with Gasteiger partial charge in [0.2, 0.25) is 0 Å². The largest absolute Gasteiger partial charge is 0.379 e. The van der Waals surface area contributed by atoms with Crippen molar-refractivity contribution in [1.29, 1.82) is 0 Å². The zero-order chi connectivity index (χ0) is 12.9. The van der Waals surface area contributed by atoms with Gasteiger partial charge < -0.3 is 4.74 Å². The maximum atomic E-state index is 5.34. The van der Waals surface area contributed by atoms with E-state index in [1.165, 1.54) is 11.9 Å². The van der Waals surface area contributed by atoms with Gasteiger partial charge in [-0.2, -0.15) is 0 Å². The molecule has 1 fully saturated rings. The average molecular weight is 256 g/mol. The van der Waals surface area contributed by atoms with Gasteiger partial charge in [-0.15, -0.1) is 0 Å². The van der Waals surface area contributed by atoms with Crippen molar-refractivity contribution in [1.82, 2.24) is 19.9 Å². The molecule has 0 atom stereocenters. The van der Waals surface area contributed by atoms with Crippen LogP contribution in [0.3, 0.4) is 0 Å². The number of pyridine rings is 1. The van der Waals surface area contributed by atoms with Gasteiger partial charge in [-0.05, 0) is 11.6 Å². The van der Waals surface area contributed by atoms with Gasteiger partial charge in [0, 0.05) is 43.8 Å². The Morgan fingerprint density at radius 2 is 1.84 bits per heavy atom. The molecule has 3 heterocycles. The molecular weight excluding hydrogens is 240 g/mol. The van der Waals surface area contributed by atoms with Crippen LogP contribution in [-0.4, -0.2) is 46.2 Å². The number of morpholine rings is 1. The predicted octanol–water partition coefficient (Wildman–Crippen LogP) is 1.37. The van der Waals surface area contributed by atoms with Gasteiger partial charge in [0.25, 0.3) is 0 Å². The lowest BCUT2D eigenvalue weighted by Gasteiger charge is -2.26. The summed E-state index contributed by atoms with van der Waals surface area (Å²) in [5.74, 6) is 0. The monoisotopic (exact) mass is 256 g/mol. The smallest absolute Gasteiger partial charge is 0.115 e. The van der Waals surface area contributed by atoms with Crippen molar-refractivity contribution in [3.63, 3.8) is 0 Å². The lowest BCUT2D eigenvalue weighted by molar-refractivity contribution is 0.0341. The van der Waals surface area contributed by atoms with Crippen molar-refractivity contribution in [2.75, 3.05) is 26.3 Å². The highest BCUT2D eigenvalue weighted by molar-refractivity contribution is 5.56. The van der Waals surface area contributed by atoms with E-state index in [0.717, 1.165) is 44.1 Å². The number of rotatable bonds is 3. The molecule has 0 bridgehead atoms. The number of hydrogen-bond acceptors (Lipinski definition) is 5. The molecule has 0 saturated carbocycles. The molecule has 5 nitrogen and oxygen atoms in total. The molecule has 1 aliphatic rings. The van der Waals surface area contributed by atoms with E-state index in [-0.39, 0.29) is 0 Å². The molecule has 0 unspecified atom stereocenters. The highest BCUT2D eigenvalue weighted by Crippen LogP contribution is 2.15. The Balaban J connectivity index is 1.68. The molecule has 98 valence electrons. The van der Waals surface area contributed by atoms with E-state index in [1.807, 2.05) is 12.3 Å². The van der Waals surface area contributed by atoms with Crippen LogP contribution in [0.4, 0.5) is 0 Å². The summed E-state index contributed by atoms with van der Waals surface area (Å²) in [6, 6.07) is 4.14. The average Bonchev–Trinajstić information content (AvgIpc) is 2.50. The first-order valence-corrected chi connectivity index (χ1v) is 6.42. The van der Waals surface area contributed by atoms with Gasteiger partial charge in [0.05, 0.1) is 18.9 Å². The predicted molar refractivity (Wildman–Crippen MR) is 71.4 cm³/mol. The van der Waals surface area contributed by atoms with Crippen LogP contribution in [0.5, 0.6) is 0 Å². The molecule has 0 amide bonds. The Labute approximate surface area is 112 Å². The minimum Gasteiger partial charge on any atom is -0.379 e. The second-order valence-electron chi connectivity index (χ2n) is 4.57. The number of ether oxygens (including phenoxy) is 1. The molecule has 0 aliphatic carbocycles. The van der Waals surface area contributed by atoms with Crippen LogP contribution in [0, 0.1) is 0 Å². The van der Waals surface area contributed by atoms with Gasteiger partial charge in [-0.1, -0.05) is 6.07 Å². The second kappa shape index (κ2) is 5.86. The fourth-order valence-electron chi connectivity index (χ4n) is 2.14. The highest BCUT2D eigenvalue weighted by atomic mass is 16.5. The fraction of sp³-hybridized carbons (Fsp3) is 0.357. The second-order valence-corrected chi connectivity index (χ2v) is 4.57. The quantitative estimate of drug-likeness (QED) is 0.830. The van der Waals surface area contributed by atoms with Gasteiger partial charge in [0.1, 0.15) is 6.33 Å². The first-order valence-electron chi connectivity index (χ1n) is 6.42. The third-order valence-electron chi connectivity index (χ3n) is 3.19. The summed E-state index contributed by atoms with van der Waals surface area (Å²) in [5, 5.41) is 0. The Morgan fingerprint density at radius 3 is 2.53 bits per heavy atom. The first-order chi connectivity index (χ1) is 9.42. The van der Waals surface area contributed by atoms with E-state index in [4.69, 9.17) is 4.74 Å². The summed E-state index contributed by atoms with van der Waals surface area (Å²) < 4.78 is 5.34. The maximum Gasteiger partial charge on any atom is 0.115 e. The topological polar surface area (TPSA) is 51.1 Å². The summed E-state index contributed by atoms with van der Waals surface area (Å²) in [6.45, 7) is 4.57. The molecule has 0 spiro atoms. The van der Waals surface area contributed by atoms with Crippen LogP contribution in [0.2, 0.25) is 0 Å². The van der Waals surface area contributed by atoms with E-state index < -0.39 is 0 Å². The summed E-state index contributed by atoms with van der Waals surface area (Å²) >= 11 is 0. The van der Waals surface area contributed by atoms with Crippen molar-refractivity contribution in [2.45, 2.75) is 6.54 Å². The van der Waals surface area contributed by atoms with E-state index in [0.29, 0.717) is 0 Å². The van der Waals surface area contributed by atoms with E-state index in [2.05, 4.69) is 25.9 Å². The van der Waals surface area contributed by atoms with Gasteiger partial charge in [0.15, 0.2) is 0 Å². The van der Waals surface area contributed by atoms with Crippen molar-refractivity contribution in [3.8, 4) is 11.3 Å². The Kier molecular flexibility index (Phi) is 3.76. The van der Waals surface area contributed by atoms with E-state index >= 15 is 0 Å². The molecule has 1 saturated heterocycles. The lowest BCUT2D eigenvalue weighted by Crippen LogP contribution is -2.35. The summed E-state index contributed by atoms with van der Waals surface area (Å²) in [5.41, 5.74) is 3.08. The Hall–Kier alpha value is -1.85. The van der Waals surface area contributed by atoms with Gasteiger partial charge >= 0.3 is 0 Å². The molecule has 5 heteroatoms. The zero-order valence-electron chi connectivity index (χ0n) is 10.7. The highest BCUT2D eigenvalue weighted by Gasteiger charge is 2.10. The fourth-order valence-corrected chi connectivity index (χ4v) is 2.14. The van der Waals surface area contributed by atoms with Gasteiger partial charge in [-0.3, -0.25) is 9.88 Å². The van der Waals surface area contributed by atoms with E-state index in [9.17, 15) is 0 Å². The summed E-state index contributed by atoms with van der Waals surface area (Å²) in [7, 11) is 0. The van der Waals surface area contributed by atoms with Crippen LogP contribution in [-0.2, 0) is 11.3 Å². The minimum atomic E-state index is 0.826. The molecule has 2 aromatic rings. The molecular formula is C14H16N4O. The minimum absolute atomic E-state index is 0.826. The number of nitrogens with zero attached hydrogens (tertiary/aromatic N) is 4. The van der Waals surface area contributed by atoms with Crippen molar-refractivity contribution < 1.29 is 4.74 Å². The Bertz CT molecular complexity index is 509. The number of aromatic nitrogens is 3. The third-order valence-corrected chi connectivity index (χ3v) is 3.19. The zero-order valence-corrected chi connectivity index (χ0v) is 10.7. The van der Waals surface area contributed by atoms with Crippen molar-refractivity contribution in [3.05, 3.63) is 42.6 Å². The molecule has 3 rings (SSSR count). The Morgan fingerprint density at radius 1 is 1.05 bits per heavy atom. The third kappa shape index (κ3) is 3.13. The maximum absolute atomic E-state index is 5.34. The molecule has 19 heavy (non-hydrogen) atoms. The molecule has 0 radical (unpaired) electrons.